The molecule has 0 spiro atoms. The Labute approximate surface area is 126 Å². The molecule has 0 bridgehead atoms. The number of amides is 1. The van der Waals surface area contributed by atoms with Gasteiger partial charge in [0.15, 0.2) is 0 Å². The molecule has 1 aromatic rings. The zero-order valence-electron chi connectivity index (χ0n) is 13.1. The molecule has 0 heterocycles. The van der Waals surface area contributed by atoms with Gasteiger partial charge in [0.2, 0.25) is 0 Å². The van der Waals surface area contributed by atoms with E-state index in [-0.39, 0.29) is 5.76 Å². The lowest BCUT2D eigenvalue weighted by atomic mass is 10.0. The van der Waals surface area contributed by atoms with Crippen molar-refractivity contribution in [3.05, 3.63) is 53.8 Å². The maximum atomic E-state index is 11.6. The molecule has 0 atom stereocenters. The molecule has 2 N–H and O–H groups in total. The molecule has 0 fully saturated rings. The van der Waals surface area contributed by atoms with Crippen LogP contribution >= 0.6 is 0 Å². The van der Waals surface area contributed by atoms with Gasteiger partial charge >= 0.3 is 6.09 Å². The number of carbonyl (C=O) groups is 1. The Morgan fingerprint density at radius 1 is 1.43 bits per heavy atom. The third kappa shape index (κ3) is 5.73. The van der Waals surface area contributed by atoms with Crippen molar-refractivity contribution in [3.8, 4) is 0 Å². The van der Waals surface area contributed by atoms with Crippen LogP contribution in [0.5, 0.6) is 0 Å². The van der Waals surface area contributed by atoms with Crippen LogP contribution in [0.1, 0.15) is 38.8 Å². The second-order valence-corrected chi connectivity index (χ2v) is 5.76. The topological polar surface area (TPSA) is 58.6 Å². The Morgan fingerprint density at radius 3 is 2.62 bits per heavy atom. The summed E-state index contributed by atoms with van der Waals surface area (Å²) in [5.41, 5.74) is 1.93. The molecule has 0 aliphatic heterocycles. The number of benzene rings is 1. The van der Waals surface area contributed by atoms with Gasteiger partial charge < -0.3 is 15.2 Å². The minimum atomic E-state index is -0.515. The fourth-order valence-corrected chi connectivity index (χ4v) is 1.81. The van der Waals surface area contributed by atoms with E-state index in [4.69, 9.17) is 4.74 Å². The fourth-order valence-electron chi connectivity index (χ4n) is 1.81. The molecule has 21 heavy (non-hydrogen) atoms. The van der Waals surface area contributed by atoms with Crippen molar-refractivity contribution < 1.29 is 14.6 Å². The molecule has 0 aliphatic carbocycles. The molecular weight excluding hydrogens is 266 g/mol. The monoisotopic (exact) mass is 289 g/mol. The molecule has 4 heteroatoms. The zero-order valence-corrected chi connectivity index (χ0v) is 13.1. The Kier molecular flexibility index (Phi) is 5.59. The first kappa shape index (κ1) is 16.8. The Balaban J connectivity index is 2.76. The Morgan fingerprint density at radius 2 is 2.10 bits per heavy atom. The maximum Gasteiger partial charge on any atom is 0.407 e. The lowest BCUT2D eigenvalue weighted by molar-refractivity contribution is 0.0523. The van der Waals surface area contributed by atoms with Gasteiger partial charge in [-0.3, -0.25) is 0 Å². The minimum absolute atomic E-state index is 0.210. The van der Waals surface area contributed by atoms with Crippen molar-refractivity contribution in [1.29, 1.82) is 0 Å². The van der Waals surface area contributed by atoms with E-state index in [0.29, 0.717) is 12.1 Å². The number of ether oxygens (including phenoxy) is 1. The number of hydrogen-bond donors (Lipinski definition) is 2. The van der Waals surface area contributed by atoms with Crippen molar-refractivity contribution in [2.45, 2.75) is 39.8 Å². The lowest BCUT2D eigenvalue weighted by Crippen LogP contribution is -2.32. The highest BCUT2D eigenvalue weighted by Gasteiger charge is 2.15. The van der Waals surface area contributed by atoms with Crippen molar-refractivity contribution in [2.24, 2.45) is 0 Å². The van der Waals surface area contributed by atoms with Gasteiger partial charge in [-0.15, -0.1) is 0 Å². The second-order valence-electron chi connectivity index (χ2n) is 5.76. The highest BCUT2D eigenvalue weighted by molar-refractivity contribution is 5.75. The molecule has 0 aromatic heterocycles. The Hall–Kier alpha value is -2.23. The normalized spacial score (nSPS) is 12.4. The first-order valence-electron chi connectivity index (χ1n) is 6.81. The lowest BCUT2D eigenvalue weighted by Gasteiger charge is -2.19. The van der Waals surface area contributed by atoms with Crippen molar-refractivity contribution in [3.63, 3.8) is 0 Å². The number of rotatable bonds is 4. The average molecular weight is 289 g/mol. The third-order valence-corrected chi connectivity index (χ3v) is 2.67. The molecule has 1 amide bonds. The van der Waals surface area contributed by atoms with Crippen LogP contribution in [0.4, 0.5) is 4.79 Å². The molecule has 0 aliphatic rings. The molecule has 0 saturated carbocycles. The number of aliphatic hydroxyl groups excluding tert-OH is 1. The SMILES string of the molecule is C=C/C(=C(\C)O)c1cccc(CNC(=O)OC(C)(C)C)c1. The first-order chi connectivity index (χ1) is 9.73. The van der Waals surface area contributed by atoms with Gasteiger partial charge in [0.25, 0.3) is 0 Å². The molecule has 114 valence electrons. The molecule has 1 rings (SSSR count). The zero-order chi connectivity index (χ0) is 16.0. The first-order valence-corrected chi connectivity index (χ1v) is 6.81. The van der Waals surface area contributed by atoms with Gasteiger partial charge in [-0.05, 0) is 44.9 Å². The van der Waals surface area contributed by atoms with E-state index >= 15 is 0 Å². The van der Waals surface area contributed by atoms with E-state index < -0.39 is 11.7 Å². The highest BCUT2D eigenvalue weighted by Crippen LogP contribution is 2.19. The summed E-state index contributed by atoms with van der Waals surface area (Å²) in [6.45, 7) is 11.1. The summed E-state index contributed by atoms with van der Waals surface area (Å²) in [7, 11) is 0. The number of carbonyl (C=O) groups excluding carboxylic acids is 1. The minimum Gasteiger partial charge on any atom is -0.512 e. The van der Waals surface area contributed by atoms with E-state index in [0.717, 1.165) is 11.1 Å². The standard InChI is InChI=1S/C17H23NO3/c1-6-15(12(2)19)14-9-7-8-13(10-14)11-18-16(20)21-17(3,4)5/h6-10,19H,1,11H2,2-5H3,(H,18,20)/b15-12-. The van der Waals surface area contributed by atoms with Crippen LogP contribution in [0.3, 0.4) is 0 Å². The van der Waals surface area contributed by atoms with Crippen molar-refractivity contribution in [1.82, 2.24) is 5.32 Å². The van der Waals surface area contributed by atoms with Crippen molar-refractivity contribution >= 4 is 11.7 Å². The van der Waals surface area contributed by atoms with Gasteiger partial charge in [0.1, 0.15) is 5.60 Å². The fraction of sp³-hybridized carbons (Fsp3) is 0.353. The van der Waals surface area contributed by atoms with Crippen LogP contribution < -0.4 is 5.32 Å². The number of hydrogen-bond acceptors (Lipinski definition) is 3. The number of allylic oxidation sites excluding steroid dienone is 3. The van der Waals surface area contributed by atoms with E-state index in [9.17, 15) is 9.90 Å². The molecule has 1 aromatic carbocycles. The van der Waals surface area contributed by atoms with Crippen LogP contribution in [0.15, 0.2) is 42.7 Å². The van der Waals surface area contributed by atoms with E-state index in [1.807, 2.05) is 45.0 Å². The van der Waals surface area contributed by atoms with Gasteiger partial charge in [0.05, 0.1) is 5.76 Å². The third-order valence-electron chi connectivity index (χ3n) is 2.67. The van der Waals surface area contributed by atoms with Gasteiger partial charge in [0, 0.05) is 12.1 Å². The summed E-state index contributed by atoms with van der Waals surface area (Å²) in [4.78, 5) is 11.6. The molecule has 4 nitrogen and oxygen atoms in total. The predicted molar refractivity (Wildman–Crippen MR) is 84.9 cm³/mol. The maximum absolute atomic E-state index is 11.6. The summed E-state index contributed by atoms with van der Waals surface area (Å²) >= 11 is 0. The quantitative estimate of drug-likeness (QED) is 0.645. The second kappa shape index (κ2) is 6.97. The van der Waals surface area contributed by atoms with Gasteiger partial charge in [-0.25, -0.2) is 4.79 Å². The summed E-state index contributed by atoms with van der Waals surface area (Å²) in [5.74, 6) is 0.210. The van der Waals surface area contributed by atoms with Crippen LogP contribution in [0.25, 0.3) is 5.57 Å². The smallest absolute Gasteiger partial charge is 0.407 e. The summed E-state index contributed by atoms with van der Waals surface area (Å²) in [6, 6.07) is 7.55. The van der Waals surface area contributed by atoms with Crippen LogP contribution in [0, 0.1) is 0 Å². The Bertz CT molecular complexity index is 549. The van der Waals surface area contributed by atoms with Crippen molar-refractivity contribution in [2.75, 3.05) is 0 Å². The van der Waals surface area contributed by atoms with Crippen LogP contribution in [0.2, 0.25) is 0 Å². The molecule has 0 unspecified atom stereocenters. The predicted octanol–water partition coefficient (Wildman–Crippen LogP) is 4.19. The number of nitrogens with one attached hydrogen (secondary N) is 1. The number of aliphatic hydroxyl groups is 1. The highest BCUT2D eigenvalue weighted by atomic mass is 16.6. The van der Waals surface area contributed by atoms with E-state index in [1.165, 1.54) is 0 Å². The van der Waals surface area contributed by atoms with E-state index in [2.05, 4.69) is 11.9 Å². The van der Waals surface area contributed by atoms with Gasteiger partial charge in [-0.2, -0.15) is 0 Å². The summed E-state index contributed by atoms with van der Waals surface area (Å²) in [6.07, 6.45) is 1.15. The summed E-state index contributed by atoms with van der Waals surface area (Å²) in [5, 5.41) is 12.3. The summed E-state index contributed by atoms with van der Waals surface area (Å²) < 4.78 is 5.18. The van der Waals surface area contributed by atoms with Crippen LogP contribution in [-0.4, -0.2) is 16.8 Å². The molecule has 0 radical (unpaired) electrons. The molecular formula is C17H23NO3. The largest absolute Gasteiger partial charge is 0.512 e. The van der Waals surface area contributed by atoms with Gasteiger partial charge in [-0.1, -0.05) is 30.9 Å². The number of alkyl carbamates (subject to hydrolysis) is 1. The average Bonchev–Trinajstić information content (AvgIpc) is 2.35. The van der Waals surface area contributed by atoms with Crippen LogP contribution in [-0.2, 0) is 11.3 Å². The molecule has 0 saturated heterocycles. The van der Waals surface area contributed by atoms with E-state index in [1.54, 1.807) is 13.0 Å².